The molecule has 2 unspecified atom stereocenters. The quantitative estimate of drug-likeness (QED) is 0.0586. The molecule has 2 aromatic heterocycles. The highest BCUT2D eigenvalue weighted by Crippen LogP contribution is 2.58. The second-order valence-corrected chi connectivity index (χ2v) is 20.9. The topological polar surface area (TPSA) is 109 Å². The van der Waals surface area contributed by atoms with Gasteiger partial charge < -0.3 is 30.9 Å². The van der Waals surface area contributed by atoms with Crippen LogP contribution in [0, 0.1) is 23.7 Å². The van der Waals surface area contributed by atoms with Gasteiger partial charge in [0.25, 0.3) is 0 Å². The number of aryl methyl sites for hydroxylation is 1. The number of likely N-dealkylation sites (tertiary alicyclic amines) is 1. The zero-order chi connectivity index (χ0) is 41.4. The fourth-order valence-corrected chi connectivity index (χ4v) is 9.90. The summed E-state index contributed by atoms with van der Waals surface area (Å²) in [6.45, 7) is 31.9. The summed E-state index contributed by atoms with van der Waals surface area (Å²) in [5.41, 5.74) is 13.0. The van der Waals surface area contributed by atoms with Gasteiger partial charge in [-0.25, -0.2) is 9.97 Å². The van der Waals surface area contributed by atoms with E-state index in [1.165, 1.54) is 18.4 Å². The van der Waals surface area contributed by atoms with Crippen molar-refractivity contribution in [2.45, 2.75) is 123 Å². The number of nitrogens with one attached hydrogen (secondary N) is 2. The molecule has 5 atom stereocenters. The number of nitrogens with two attached hydrogens (primary N) is 1. The average Bonchev–Trinajstić information content (AvgIpc) is 3.46. The van der Waals surface area contributed by atoms with Crippen molar-refractivity contribution in [3.63, 3.8) is 0 Å². The molecule has 56 heavy (non-hydrogen) atoms. The van der Waals surface area contributed by atoms with Crippen LogP contribution < -0.4 is 16.4 Å². The number of nitrogens with zero attached hydrogens (tertiary/aromatic N) is 3. The highest BCUT2D eigenvalue weighted by molar-refractivity contribution is 7.68. The van der Waals surface area contributed by atoms with Crippen molar-refractivity contribution >= 4 is 40.8 Å². The lowest BCUT2D eigenvalue weighted by atomic mass is 9.84. The summed E-state index contributed by atoms with van der Waals surface area (Å²) in [7, 11) is -1.77. The molecule has 2 saturated carbocycles. The van der Waals surface area contributed by atoms with E-state index in [-0.39, 0.29) is 17.5 Å². The number of rotatable bonds is 13. The first-order valence-corrected chi connectivity index (χ1v) is 23.4. The van der Waals surface area contributed by atoms with Gasteiger partial charge in [0.1, 0.15) is 11.8 Å². The van der Waals surface area contributed by atoms with E-state index < -0.39 is 7.11 Å². The predicted octanol–water partition coefficient (Wildman–Crippen LogP) is 10.1. The molecule has 1 aromatic carbocycles. The second-order valence-electron chi connectivity index (χ2n) is 17.0. The van der Waals surface area contributed by atoms with Crippen molar-refractivity contribution in [1.29, 1.82) is 0 Å². The molecular formula is C46H67N6O2PS. The Morgan fingerprint density at radius 1 is 1.14 bits per heavy atom. The SMILES string of the molecule is C#Cc1cc(-c2csc(NC(C)C)n2)nc2cc(CC)ccc12.C=C(N[C@H](C(=C)N1CCCC1C(=C)N)C(C)(C)C)OC1CCCC1.C=C[C@@H]1C[C@@H]1P(=C)(C)O. The number of anilines is 1. The van der Waals surface area contributed by atoms with Gasteiger partial charge in [-0.3, -0.25) is 0 Å². The van der Waals surface area contributed by atoms with Crippen molar-refractivity contribution < 1.29 is 9.63 Å². The van der Waals surface area contributed by atoms with Crippen LogP contribution in [0.4, 0.5) is 5.13 Å². The number of benzene rings is 1. The lowest BCUT2D eigenvalue weighted by Crippen LogP contribution is -2.48. The molecule has 2 aliphatic carbocycles. The first-order valence-electron chi connectivity index (χ1n) is 20.1. The van der Waals surface area contributed by atoms with E-state index >= 15 is 0 Å². The maximum Gasteiger partial charge on any atom is 0.183 e. The Hall–Kier alpha value is -3.96. The molecule has 3 aliphatic rings. The number of hydrogen-bond acceptors (Lipinski definition) is 9. The molecule has 0 radical (unpaired) electrons. The monoisotopic (exact) mass is 798 g/mol. The molecule has 1 aliphatic heterocycles. The molecule has 0 amide bonds. The highest BCUT2D eigenvalue weighted by Gasteiger charge is 2.40. The van der Waals surface area contributed by atoms with E-state index in [1.54, 1.807) is 11.3 Å². The fraction of sp³-hybridized carbons (Fsp3) is 0.500. The molecule has 3 heterocycles. The molecule has 0 bridgehead atoms. The van der Waals surface area contributed by atoms with Gasteiger partial charge in [-0.05, 0) is 115 Å². The number of thiazole rings is 1. The molecule has 10 heteroatoms. The van der Waals surface area contributed by atoms with E-state index in [9.17, 15) is 4.89 Å². The number of hydrogen-bond donors (Lipinski definition) is 4. The summed E-state index contributed by atoms with van der Waals surface area (Å²) in [6, 6.07) is 8.82. The normalized spacial score (nSPS) is 20.7. The first kappa shape index (κ1) is 44.8. The van der Waals surface area contributed by atoms with Crippen molar-refractivity contribution in [2.24, 2.45) is 17.1 Å². The molecular weight excluding hydrogens is 732 g/mol. The first-order chi connectivity index (χ1) is 26.4. The molecule has 304 valence electrons. The van der Waals surface area contributed by atoms with Gasteiger partial charge >= 0.3 is 0 Å². The van der Waals surface area contributed by atoms with Crippen LogP contribution in [-0.2, 0) is 11.2 Å². The second kappa shape index (κ2) is 19.5. The highest BCUT2D eigenvalue weighted by atomic mass is 32.1. The van der Waals surface area contributed by atoms with Gasteiger partial charge in [-0.2, -0.15) is 0 Å². The molecule has 0 spiro atoms. The third-order valence-corrected chi connectivity index (χ3v) is 13.4. The van der Waals surface area contributed by atoms with Crippen LogP contribution in [0.5, 0.6) is 0 Å². The maximum atomic E-state index is 9.41. The van der Waals surface area contributed by atoms with Gasteiger partial charge in [0.2, 0.25) is 0 Å². The largest absolute Gasteiger partial charge is 0.476 e. The smallest absolute Gasteiger partial charge is 0.183 e. The molecule has 8 nitrogen and oxygen atoms in total. The molecule has 5 N–H and O–H groups in total. The standard InChI is InChI=1S/C20H35N3O.C19H19N3S.C7H13OP/c1-14(21)18-12-9-13-23(18)15(2)19(20(4,5)6)22-16(3)24-17-10-7-8-11-17;1-5-13-7-8-15-14(6-2)10-17(21-16(15)9-13)18-11-23-19(22-18)20-12(3)4;1-4-6-5-7(6)9(2,3)8/h17-19,22H,1-3,7-13,21H2,4-6H3;2,7-12H,5H2,1,3-4H3,(H,20,22);4,6-8H,1-2,5H2,3H3/t18?,19-;;6-,7+,9?/m1.1/s1. The Morgan fingerprint density at radius 3 is 2.38 bits per heavy atom. The lowest BCUT2D eigenvalue weighted by Gasteiger charge is -2.40. The fourth-order valence-electron chi connectivity index (χ4n) is 7.41. The Labute approximate surface area is 341 Å². The van der Waals surface area contributed by atoms with Crippen LogP contribution in [-0.4, -0.2) is 69.2 Å². The van der Waals surface area contributed by atoms with Crippen molar-refractivity contribution in [3.8, 4) is 23.7 Å². The minimum atomic E-state index is -1.77. The summed E-state index contributed by atoms with van der Waals surface area (Å²) >= 11 is 1.59. The van der Waals surface area contributed by atoms with E-state index in [4.69, 9.17) is 21.9 Å². The van der Waals surface area contributed by atoms with Crippen LogP contribution in [0.3, 0.4) is 0 Å². The number of pyridine rings is 1. The number of allylic oxidation sites excluding steroid dienone is 1. The van der Waals surface area contributed by atoms with Crippen molar-refractivity contribution in [3.05, 3.63) is 90.4 Å². The van der Waals surface area contributed by atoms with Crippen LogP contribution in [0.15, 0.2) is 79.3 Å². The third kappa shape index (κ3) is 12.3. The minimum Gasteiger partial charge on any atom is -0.476 e. The lowest BCUT2D eigenvalue weighted by molar-refractivity contribution is 0.0937. The Morgan fingerprint density at radius 2 is 1.84 bits per heavy atom. The van der Waals surface area contributed by atoms with Crippen molar-refractivity contribution in [2.75, 3.05) is 18.5 Å². The molecule has 6 rings (SSSR count). The summed E-state index contributed by atoms with van der Waals surface area (Å²) in [5, 5.41) is 10.7. The third-order valence-electron chi connectivity index (χ3n) is 10.6. The zero-order valence-corrected chi connectivity index (χ0v) is 36.7. The molecule has 3 fully saturated rings. The van der Waals surface area contributed by atoms with Crippen molar-refractivity contribution in [1.82, 2.24) is 20.2 Å². The zero-order valence-electron chi connectivity index (χ0n) is 35.0. The van der Waals surface area contributed by atoms with Crippen LogP contribution in [0.25, 0.3) is 22.3 Å². The van der Waals surface area contributed by atoms with E-state index in [1.807, 2.05) is 24.2 Å². The molecule has 3 aromatic rings. The van der Waals surface area contributed by atoms with Crippen LogP contribution >= 0.6 is 18.4 Å². The van der Waals surface area contributed by atoms with Gasteiger partial charge in [-0.15, -0.1) is 24.3 Å². The maximum absolute atomic E-state index is 9.41. The number of ether oxygens (including phenoxy) is 1. The predicted molar refractivity (Wildman–Crippen MR) is 244 cm³/mol. The Kier molecular flexibility index (Phi) is 15.6. The summed E-state index contributed by atoms with van der Waals surface area (Å²) in [4.78, 5) is 21.1. The molecule has 1 saturated heterocycles. The summed E-state index contributed by atoms with van der Waals surface area (Å²) in [6.07, 6.45) is 20.7. The van der Waals surface area contributed by atoms with Crippen LogP contribution in [0.1, 0.15) is 97.6 Å². The number of terminal acetylenes is 1. The van der Waals surface area contributed by atoms with Gasteiger partial charge in [0.05, 0.1) is 23.3 Å². The van der Waals surface area contributed by atoms with E-state index in [2.05, 4.69) is 119 Å². The number of fused-ring (bicyclic) bond motifs is 1. The van der Waals surface area contributed by atoms with Gasteiger partial charge in [0, 0.05) is 46.0 Å². The minimum absolute atomic E-state index is 0.0118. The number of aromatic nitrogens is 2. The average molecular weight is 799 g/mol. The Balaban J connectivity index is 0.000000204. The summed E-state index contributed by atoms with van der Waals surface area (Å²) < 4.78 is 6.02. The van der Waals surface area contributed by atoms with Gasteiger partial charge in [0.15, 0.2) is 11.0 Å². The van der Waals surface area contributed by atoms with Crippen LogP contribution in [0.2, 0.25) is 0 Å². The Bertz CT molecular complexity index is 1940. The summed E-state index contributed by atoms with van der Waals surface area (Å²) in [5.74, 6) is 4.00. The van der Waals surface area contributed by atoms with E-state index in [0.717, 1.165) is 89.4 Å². The van der Waals surface area contributed by atoms with E-state index in [0.29, 0.717) is 29.6 Å². The van der Waals surface area contributed by atoms with Gasteiger partial charge in [-0.1, -0.05) is 71.3 Å².